The zero-order chi connectivity index (χ0) is 36.7. The molecule has 10 aromatic rings. The zero-order valence-corrected chi connectivity index (χ0v) is 30.7. The SMILES string of the molecule is CC1(C)c2cc(-c3ccc(-c4nc(-c5cccc6ccccc56)cc(-c5cccc6ccccc56)n4)c4ccccc34)ccc2-c2ccc3ccccc3c21. The molecule has 0 spiro atoms. The molecule has 0 aliphatic heterocycles. The van der Waals surface area contributed by atoms with Gasteiger partial charge < -0.3 is 0 Å². The van der Waals surface area contributed by atoms with Crippen molar-refractivity contribution in [2.75, 3.05) is 0 Å². The van der Waals surface area contributed by atoms with E-state index in [0.29, 0.717) is 5.82 Å². The molecule has 1 aliphatic carbocycles. The quantitative estimate of drug-likeness (QED) is 0.183. The van der Waals surface area contributed by atoms with Crippen LogP contribution in [0.25, 0.3) is 99.2 Å². The zero-order valence-electron chi connectivity index (χ0n) is 30.7. The van der Waals surface area contributed by atoms with E-state index in [1.54, 1.807) is 0 Å². The highest BCUT2D eigenvalue weighted by atomic mass is 14.9. The monoisotopic (exact) mass is 700 g/mol. The van der Waals surface area contributed by atoms with Crippen LogP contribution in [-0.4, -0.2) is 9.97 Å². The van der Waals surface area contributed by atoms with Gasteiger partial charge in [0.15, 0.2) is 5.82 Å². The van der Waals surface area contributed by atoms with Gasteiger partial charge in [0.25, 0.3) is 0 Å². The molecule has 2 heteroatoms. The predicted molar refractivity (Wildman–Crippen MR) is 231 cm³/mol. The number of hydrogen-bond donors (Lipinski definition) is 0. The smallest absolute Gasteiger partial charge is 0.161 e. The van der Waals surface area contributed by atoms with Gasteiger partial charge in [-0.05, 0) is 94.7 Å². The molecule has 0 unspecified atom stereocenters. The van der Waals surface area contributed by atoms with Crippen molar-refractivity contribution in [3.63, 3.8) is 0 Å². The molecule has 0 amide bonds. The Morgan fingerprint density at radius 3 is 1.45 bits per heavy atom. The number of hydrogen-bond acceptors (Lipinski definition) is 2. The van der Waals surface area contributed by atoms with E-state index in [4.69, 9.17) is 9.97 Å². The summed E-state index contributed by atoms with van der Waals surface area (Å²) in [6.07, 6.45) is 0. The fraction of sp³-hybridized carbons (Fsp3) is 0.0566. The number of aromatic nitrogens is 2. The Hall–Kier alpha value is -6.90. The molecule has 258 valence electrons. The first-order valence-electron chi connectivity index (χ1n) is 19.1. The predicted octanol–water partition coefficient (Wildman–Crippen LogP) is 14.1. The molecule has 1 aliphatic rings. The number of nitrogens with zero attached hydrogens (tertiary/aromatic N) is 2. The van der Waals surface area contributed by atoms with Gasteiger partial charge in [-0.1, -0.05) is 178 Å². The lowest BCUT2D eigenvalue weighted by atomic mass is 9.79. The number of fused-ring (bicyclic) bond motifs is 8. The van der Waals surface area contributed by atoms with E-state index < -0.39 is 0 Å². The molecule has 1 heterocycles. The minimum absolute atomic E-state index is 0.134. The van der Waals surface area contributed by atoms with Gasteiger partial charge >= 0.3 is 0 Å². The molecule has 9 aromatic carbocycles. The van der Waals surface area contributed by atoms with E-state index in [2.05, 4.69) is 196 Å². The molecule has 2 nitrogen and oxygen atoms in total. The molecule has 0 atom stereocenters. The Labute approximate surface area is 320 Å². The first-order valence-corrected chi connectivity index (χ1v) is 19.1. The van der Waals surface area contributed by atoms with Crippen LogP contribution in [0.3, 0.4) is 0 Å². The Morgan fingerprint density at radius 2 is 0.818 bits per heavy atom. The van der Waals surface area contributed by atoms with Gasteiger partial charge in [0, 0.05) is 22.1 Å². The topological polar surface area (TPSA) is 25.8 Å². The van der Waals surface area contributed by atoms with Crippen molar-refractivity contribution in [3.05, 3.63) is 193 Å². The van der Waals surface area contributed by atoms with Crippen molar-refractivity contribution >= 4 is 43.1 Å². The van der Waals surface area contributed by atoms with Gasteiger partial charge in [0.05, 0.1) is 11.4 Å². The molecule has 0 bridgehead atoms. The van der Waals surface area contributed by atoms with E-state index in [0.717, 1.165) is 33.5 Å². The van der Waals surface area contributed by atoms with Crippen LogP contribution >= 0.6 is 0 Å². The molecule has 0 fully saturated rings. The average Bonchev–Trinajstić information content (AvgIpc) is 3.48. The van der Waals surface area contributed by atoms with Gasteiger partial charge in [0.1, 0.15) is 0 Å². The maximum atomic E-state index is 5.39. The lowest BCUT2D eigenvalue weighted by Crippen LogP contribution is -2.15. The largest absolute Gasteiger partial charge is 0.228 e. The Morgan fingerprint density at radius 1 is 0.345 bits per heavy atom. The average molecular weight is 701 g/mol. The van der Waals surface area contributed by atoms with Crippen LogP contribution < -0.4 is 0 Å². The van der Waals surface area contributed by atoms with E-state index in [1.807, 2.05) is 0 Å². The number of rotatable bonds is 4. The summed E-state index contributed by atoms with van der Waals surface area (Å²) in [7, 11) is 0. The maximum absolute atomic E-state index is 5.39. The number of benzene rings is 9. The highest BCUT2D eigenvalue weighted by Crippen LogP contribution is 2.52. The van der Waals surface area contributed by atoms with Crippen LogP contribution in [0.1, 0.15) is 25.0 Å². The summed E-state index contributed by atoms with van der Waals surface area (Å²) in [5.74, 6) is 0.716. The highest BCUT2D eigenvalue weighted by Gasteiger charge is 2.37. The summed E-state index contributed by atoms with van der Waals surface area (Å²) in [6, 6.07) is 65.9. The second kappa shape index (κ2) is 12.1. The van der Waals surface area contributed by atoms with E-state index in [1.165, 1.54) is 71.1 Å². The van der Waals surface area contributed by atoms with Crippen molar-refractivity contribution in [1.29, 1.82) is 0 Å². The Balaban J connectivity index is 1.10. The normalized spacial score (nSPS) is 13.1. The molecule has 0 radical (unpaired) electrons. The van der Waals surface area contributed by atoms with Crippen LogP contribution in [0.4, 0.5) is 0 Å². The fourth-order valence-electron chi connectivity index (χ4n) is 9.25. The van der Waals surface area contributed by atoms with E-state index in [9.17, 15) is 0 Å². The van der Waals surface area contributed by atoms with Gasteiger partial charge in [-0.2, -0.15) is 0 Å². The maximum Gasteiger partial charge on any atom is 0.161 e. The highest BCUT2D eigenvalue weighted by molar-refractivity contribution is 6.06. The molecule has 0 saturated carbocycles. The third-order valence-electron chi connectivity index (χ3n) is 11.9. The lowest BCUT2D eigenvalue weighted by molar-refractivity contribution is 0.666. The van der Waals surface area contributed by atoms with Crippen molar-refractivity contribution in [3.8, 4) is 56.2 Å². The molecule has 0 N–H and O–H groups in total. The van der Waals surface area contributed by atoms with Crippen LogP contribution in [0.5, 0.6) is 0 Å². The molecular weight excluding hydrogens is 665 g/mol. The second-order valence-electron chi connectivity index (χ2n) is 15.3. The minimum atomic E-state index is -0.134. The van der Waals surface area contributed by atoms with Gasteiger partial charge in [-0.3, -0.25) is 0 Å². The standard InChI is InChI=1S/C53H36N2/c1-53(2)48-31-36(26-27-43(48)46-28-25-35-15-5-8-20-40(35)51(46)53)39-29-30-47(42-22-10-9-21-41(39)42)52-54-49(44-23-11-16-33-13-3-6-18-37(33)44)32-50(55-52)45-24-12-17-34-14-4-7-19-38(34)45/h3-32H,1-2H3. The van der Waals surface area contributed by atoms with Crippen molar-refractivity contribution in [2.24, 2.45) is 0 Å². The molecule has 11 rings (SSSR count). The molecule has 0 saturated heterocycles. The molecular formula is C53H36N2. The van der Waals surface area contributed by atoms with Crippen molar-refractivity contribution < 1.29 is 0 Å². The second-order valence-corrected chi connectivity index (χ2v) is 15.3. The lowest BCUT2D eigenvalue weighted by Gasteiger charge is -2.24. The third-order valence-corrected chi connectivity index (χ3v) is 11.9. The van der Waals surface area contributed by atoms with Crippen LogP contribution in [-0.2, 0) is 5.41 Å². The Kier molecular flexibility index (Phi) is 6.93. The summed E-state index contributed by atoms with van der Waals surface area (Å²) in [5, 5.41) is 9.68. The first kappa shape index (κ1) is 31.6. The van der Waals surface area contributed by atoms with Crippen molar-refractivity contribution in [1.82, 2.24) is 9.97 Å². The molecule has 1 aromatic heterocycles. The van der Waals surface area contributed by atoms with Gasteiger partial charge in [-0.15, -0.1) is 0 Å². The van der Waals surface area contributed by atoms with Gasteiger partial charge in [-0.25, -0.2) is 9.97 Å². The third kappa shape index (κ3) is 4.88. The van der Waals surface area contributed by atoms with E-state index in [-0.39, 0.29) is 5.41 Å². The van der Waals surface area contributed by atoms with Crippen LogP contribution in [0.15, 0.2) is 182 Å². The van der Waals surface area contributed by atoms with Crippen molar-refractivity contribution in [2.45, 2.75) is 19.3 Å². The Bertz CT molecular complexity index is 3080. The summed E-state index contributed by atoms with van der Waals surface area (Å²) in [6.45, 7) is 4.76. The summed E-state index contributed by atoms with van der Waals surface area (Å²) < 4.78 is 0. The molecule has 55 heavy (non-hydrogen) atoms. The van der Waals surface area contributed by atoms with Gasteiger partial charge in [0.2, 0.25) is 0 Å². The fourth-order valence-corrected chi connectivity index (χ4v) is 9.25. The minimum Gasteiger partial charge on any atom is -0.228 e. The summed E-state index contributed by atoms with van der Waals surface area (Å²) >= 11 is 0. The summed E-state index contributed by atoms with van der Waals surface area (Å²) in [5.41, 5.74) is 12.8. The van der Waals surface area contributed by atoms with E-state index >= 15 is 0 Å². The summed E-state index contributed by atoms with van der Waals surface area (Å²) in [4.78, 5) is 10.8. The van der Waals surface area contributed by atoms with Crippen LogP contribution in [0.2, 0.25) is 0 Å². The van der Waals surface area contributed by atoms with Crippen LogP contribution in [0, 0.1) is 0 Å². The first-order chi connectivity index (χ1) is 27.0.